The first-order valence-corrected chi connectivity index (χ1v) is 12.8. The average Bonchev–Trinajstić information content (AvgIpc) is 2.89. The van der Waals surface area contributed by atoms with Crippen molar-refractivity contribution >= 4 is 38.2 Å². The minimum Gasteiger partial charge on any atom is -0.379 e. The number of hydrogen-bond donors (Lipinski definition) is 2. The molecule has 0 bridgehead atoms. The van der Waals surface area contributed by atoms with Crippen LogP contribution in [-0.4, -0.2) is 76.2 Å². The number of ether oxygens (including phenoxy) is 2. The molecule has 2 N–H and O–H groups in total. The number of amides is 1. The highest BCUT2D eigenvalue weighted by Gasteiger charge is 2.27. The number of aromatic nitrogens is 1. The zero-order chi connectivity index (χ0) is 24.4. The Kier molecular flexibility index (Phi) is 6.56. The third-order valence-corrected chi connectivity index (χ3v) is 8.06. The molecular weight excluding hydrogens is 472 g/mol. The lowest BCUT2D eigenvalue weighted by atomic mass is 10.1. The van der Waals surface area contributed by atoms with Crippen molar-refractivity contribution in [2.24, 2.45) is 0 Å². The summed E-state index contributed by atoms with van der Waals surface area (Å²) in [6, 6.07) is 13.0. The summed E-state index contributed by atoms with van der Waals surface area (Å²) in [7, 11) is -3.76. The van der Waals surface area contributed by atoms with Gasteiger partial charge in [0.2, 0.25) is 15.6 Å². The second-order valence-corrected chi connectivity index (χ2v) is 10.3. The molecule has 3 aromatic rings. The third kappa shape index (κ3) is 4.94. The fraction of sp³-hybridized carbons (Fsp3) is 0.333. The molecule has 0 saturated carbocycles. The zero-order valence-corrected chi connectivity index (χ0v) is 19.8. The number of nitrogens with zero attached hydrogens (tertiary/aromatic N) is 2. The maximum absolute atomic E-state index is 13.2. The van der Waals surface area contributed by atoms with Gasteiger partial charge in [0, 0.05) is 54.5 Å². The average molecular weight is 499 g/mol. The van der Waals surface area contributed by atoms with E-state index in [-0.39, 0.29) is 23.5 Å². The van der Waals surface area contributed by atoms with Crippen LogP contribution in [0.1, 0.15) is 10.4 Å². The van der Waals surface area contributed by atoms with Gasteiger partial charge in [-0.15, -0.1) is 0 Å². The van der Waals surface area contributed by atoms with E-state index in [1.165, 1.54) is 28.6 Å². The summed E-state index contributed by atoms with van der Waals surface area (Å²) in [5.41, 5.74) is 1.63. The minimum absolute atomic E-state index is 0.0582. The number of morpholine rings is 2. The van der Waals surface area contributed by atoms with Crippen molar-refractivity contribution in [3.05, 3.63) is 64.4 Å². The van der Waals surface area contributed by atoms with Crippen molar-refractivity contribution in [3.8, 4) is 0 Å². The maximum atomic E-state index is 13.2. The number of benzene rings is 2. The second-order valence-electron chi connectivity index (χ2n) is 8.37. The number of carbonyl (C=O) groups excluding carboxylic acids is 1. The number of fused-ring (bicyclic) bond motifs is 1. The molecule has 2 aliphatic rings. The fourth-order valence-corrected chi connectivity index (χ4v) is 5.73. The van der Waals surface area contributed by atoms with Crippen LogP contribution >= 0.6 is 0 Å². The van der Waals surface area contributed by atoms with Crippen molar-refractivity contribution in [2.45, 2.75) is 4.90 Å². The molecule has 35 heavy (non-hydrogen) atoms. The number of anilines is 2. The molecule has 2 fully saturated rings. The van der Waals surface area contributed by atoms with Crippen LogP contribution in [0.4, 0.5) is 11.4 Å². The molecule has 3 heterocycles. The van der Waals surface area contributed by atoms with Crippen LogP contribution in [0.15, 0.2) is 58.2 Å². The molecule has 2 aromatic carbocycles. The molecule has 11 heteroatoms. The molecule has 0 radical (unpaired) electrons. The fourth-order valence-electron chi connectivity index (χ4n) is 4.29. The topological polar surface area (TPSA) is 121 Å². The summed E-state index contributed by atoms with van der Waals surface area (Å²) in [4.78, 5) is 30.3. The monoisotopic (exact) mass is 498 g/mol. The number of H-pyrrole nitrogens is 1. The van der Waals surface area contributed by atoms with Crippen LogP contribution in [0.3, 0.4) is 0 Å². The molecule has 10 nitrogen and oxygen atoms in total. The van der Waals surface area contributed by atoms with E-state index >= 15 is 0 Å². The number of nitrogens with one attached hydrogen (secondary N) is 2. The largest absolute Gasteiger partial charge is 0.379 e. The Morgan fingerprint density at radius 3 is 2.23 bits per heavy atom. The van der Waals surface area contributed by atoms with E-state index in [1.807, 2.05) is 12.1 Å². The highest BCUT2D eigenvalue weighted by molar-refractivity contribution is 7.89. The Balaban J connectivity index is 1.43. The Labute approximate surface area is 202 Å². The lowest BCUT2D eigenvalue weighted by molar-refractivity contribution is 0.0730. The van der Waals surface area contributed by atoms with Crippen LogP contribution in [0.2, 0.25) is 0 Å². The summed E-state index contributed by atoms with van der Waals surface area (Å²) in [6.07, 6.45) is 0. The highest BCUT2D eigenvalue weighted by Crippen LogP contribution is 2.25. The highest BCUT2D eigenvalue weighted by atomic mass is 32.2. The van der Waals surface area contributed by atoms with Gasteiger partial charge in [-0.25, -0.2) is 8.42 Å². The number of pyridine rings is 1. The van der Waals surface area contributed by atoms with E-state index < -0.39 is 21.5 Å². The first kappa shape index (κ1) is 23.5. The number of aromatic amines is 1. The number of hydrogen-bond acceptors (Lipinski definition) is 7. The van der Waals surface area contributed by atoms with E-state index in [1.54, 1.807) is 12.1 Å². The summed E-state index contributed by atoms with van der Waals surface area (Å²) in [6.45, 7) is 4.16. The summed E-state index contributed by atoms with van der Waals surface area (Å²) >= 11 is 0. The number of rotatable bonds is 5. The normalized spacial score (nSPS) is 17.4. The Bertz CT molecular complexity index is 1390. The first-order valence-electron chi connectivity index (χ1n) is 11.4. The first-order chi connectivity index (χ1) is 16.9. The van der Waals surface area contributed by atoms with E-state index in [0.29, 0.717) is 43.0 Å². The smallest absolute Gasteiger partial charge is 0.256 e. The van der Waals surface area contributed by atoms with Crippen molar-refractivity contribution in [1.29, 1.82) is 0 Å². The molecule has 184 valence electrons. The lowest BCUT2D eigenvalue weighted by Gasteiger charge is -2.28. The van der Waals surface area contributed by atoms with Gasteiger partial charge >= 0.3 is 0 Å². The van der Waals surface area contributed by atoms with Gasteiger partial charge in [-0.1, -0.05) is 0 Å². The summed E-state index contributed by atoms with van der Waals surface area (Å²) in [5.74, 6) is -0.499. The van der Waals surface area contributed by atoms with E-state index in [9.17, 15) is 18.0 Å². The standard InChI is InChI=1S/C24H26N4O6S/c29-23-16-21(24(30)25-17-1-3-18(4-2-17)27-7-11-33-12-8-27)20-15-19(5-6-22(20)26-23)35(31,32)28-9-13-34-14-10-28/h1-6,15-16H,7-14H2,(H,25,30)(H,26,29). The van der Waals surface area contributed by atoms with Crippen molar-refractivity contribution in [1.82, 2.24) is 9.29 Å². The van der Waals surface area contributed by atoms with Gasteiger partial charge in [0.15, 0.2) is 0 Å². The van der Waals surface area contributed by atoms with Crippen LogP contribution < -0.4 is 15.8 Å². The molecule has 0 aliphatic carbocycles. The molecule has 1 aromatic heterocycles. The third-order valence-electron chi connectivity index (χ3n) is 6.17. The summed E-state index contributed by atoms with van der Waals surface area (Å²) < 4.78 is 38.2. The van der Waals surface area contributed by atoms with Gasteiger partial charge in [-0.05, 0) is 42.5 Å². The second kappa shape index (κ2) is 9.78. The van der Waals surface area contributed by atoms with Gasteiger partial charge in [0.25, 0.3) is 5.91 Å². The van der Waals surface area contributed by atoms with Gasteiger partial charge in [-0.3, -0.25) is 9.59 Å². The molecule has 0 atom stereocenters. The van der Waals surface area contributed by atoms with Crippen molar-refractivity contribution in [3.63, 3.8) is 0 Å². The Morgan fingerprint density at radius 2 is 1.54 bits per heavy atom. The number of sulfonamides is 1. The molecule has 2 saturated heterocycles. The lowest BCUT2D eigenvalue weighted by Crippen LogP contribution is -2.40. The number of carbonyl (C=O) groups is 1. The molecule has 0 unspecified atom stereocenters. The molecule has 2 aliphatic heterocycles. The van der Waals surface area contributed by atoms with Crippen molar-refractivity contribution in [2.75, 3.05) is 62.8 Å². The molecule has 1 amide bonds. The summed E-state index contributed by atoms with van der Waals surface area (Å²) in [5, 5.41) is 3.17. The zero-order valence-electron chi connectivity index (χ0n) is 19.0. The molecule has 5 rings (SSSR count). The Hall–Kier alpha value is -3.25. The van der Waals surface area contributed by atoms with Gasteiger partial charge in [-0.2, -0.15) is 4.31 Å². The van der Waals surface area contributed by atoms with E-state index in [4.69, 9.17) is 9.47 Å². The molecule has 0 spiro atoms. The van der Waals surface area contributed by atoms with Crippen LogP contribution in [-0.2, 0) is 19.5 Å². The van der Waals surface area contributed by atoms with Gasteiger partial charge in [0.1, 0.15) is 0 Å². The van der Waals surface area contributed by atoms with E-state index in [2.05, 4.69) is 15.2 Å². The predicted octanol–water partition coefficient (Wildman–Crippen LogP) is 1.64. The SMILES string of the molecule is O=C(Nc1ccc(N2CCOCC2)cc1)c1cc(=O)[nH]c2ccc(S(=O)(=O)N3CCOCC3)cc12. The Morgan fingerprint density at radius 1 is 0.886 bits per heavy atom. The maximum Gasteiger partial charge on any atom is 0.256 e. The van der Waals surface area contributed by atoms with Crippen LogP contribution in [0.25, 0.3) is 10.9 Å². The van der Waals surface area contributed by atoms with Gasteiger partial charge < -0.3 is 24.7 Å². The quantitative estimate of drug-likeness (QED) is 0.549. The van der Waals surface area contributed by atoms with Crippen molar-refractivity contribution < 1.29 is 22.7 Å². The van der Waals surface area contributed by atoms with Crippen LogP contribution in [0.5, 0.6) is 0 Å². The van der Waals surface area contributed by atoms with E-state index in [0.717, 1.165) is 18.8 Å². The molecular formula is C24H26N4O6S. The van der Waals surface area contributed by atoms with Gasteiger partial charge in [0.05, 0.1) is 36.9 Å². The van der Waals surface area contributed by atoms with Crippen LogP contribution in [0, 0.1) is 0 Å². The minimum atomic E-state index is -3.76. The predicted molar refractivity (Wildman–Crippen MR) is 132 cm³/mol.